The monoisotopic (exact) mass is 461 g/mol. The summed E-state index contributed by atoms with van der Waals surface area (Å²) in [4.78, 5) is 0. The second-order valence-corrected chi connectivity index (χ2v) is 8.77. The van der Waals surface area contributed by atoms with Crippen LogP contribution in [0, 0.1) is 0 Å². The normalized spacial score (nSPS) is 25.1. The molecule has 34 heavy (non-hydrogen) atoms. The van der Waals surface area contributed by atoms with Gasteiger partial charge in [0.25, 0.3) is 0 Å². The van der Waals surface area contributed by atoms with E-state index in [4.69, 9.17) is 14.2 Å². The summed E-state index contributed by atoms with van der Waals surface area (Å²) in [5, 5.41) is 14.6. The van der Waals surface area contributed by atoms with E-state index >= 15 is 0 Å². The first-order chi connectivity index (χ1) is 16.7. The largest absolute Gasteiger partial charge is 0.389 e. The van der Waals surface area contributed by atoms with Crippen molar-refractivity contribution in [1.82, 2.24) is 5.32 Å². The minimum Gasteiger partial charge on any atom is -0.389 e. The molecule has 5 heteroatoms. The third-order valence-electron chi connectivity index (χ3n) is 6.31. The maximum absolute atomic E-state index is 11.1. The van der Waals surface area contributed by atoms with Crippen LogP contribution >= 0.6 is 0 Å². The second kappa shape index (κ2) is 12.8. The van der Waals surface area contributed by atoms with Crippen LogP contribution in [0.2, 0.25) is 0 Å². The number of benzene rings is 3. The molecule has 1 heterocycles. The standard InChI is InChI=1S/C29H35NO4/c1-2-25-27(32-19-22-12-6-3-7-13-22)29(34-21-24-16-10-5-11-17-24)28(26(31)18-30-25)33-20-23-14-8-4-9-15-23/h3-17,25-31H,2,18-21H2,1H3/t25-,26-,27+,28-,29-/m1/s1. The van der Waals surface area contributed by atoms with Gasteiger partial charge in [0.15, 0.2) is 0 Å². The van der Waals surface area contributed by atoms with E-state index in [0.717, 1.165) is 23.1 Å². The summed E-state index contributed by atoms with van der Waals surface area (Å²) in [6.07, 6.45) is -1.13. The molecule has 5 atom stereocenters. The summed E-state index contributed by atoms with van der Waals surface area (Å²) in [5.74, 6) is 0. The van der Waals surface area contributed by atoms with E-state index in [0.29, 0.717) is 26.4 Å². The van der Waals surface area contributed by atoms with Gasteiger partial charge in [-0.2, -0.15) is 0 Å². The number of rotatable bonds is 10. The smallest absolute Gasteiger partial charge is 0.114 e. The molecule has 3 aromatic carbocycles. The Bertz CT molecular complexity index is 954. The molecule has 1 aliphatic rings. The van der Waals surface area contributed by atoms with E-state index in [2.05, 4.69) is 24.4 Å². The van der Waals surface area contributed by atoms with Crippen molar-refractivity contribution in [2.75, 3.05) is 6.54 Å². The Balaban J connectivity index is 1.57. The number of hydrogen-bond acceptors (Lipinski definition) is 5. The molecule has 2 N–H and O–H groups in total. The van der Waals surface area contributed by atoms with Gasteiger partial charge in [-0.1, -0.05) is 97.9 Å². The van der Waals surface area contributed by atoms with E-state index in [1.54, 1.807) is 0 Å². The van der Waals surface area contributed by atoms with Crippen molar-refractivity contribution >= 4 is 0 Å². The average Bonchev–Trinajstić information content (AvgIpc) is 3.02. The molecule has 1 aliphatic heterocycles. The number of β-amino-alcohol motifs (C(OH)–C–C–N with tert-alkyl or cyclic N) is 1. The first-order valence-corrected chi connectivity index (χ1v) is 12.1. The third-order valence-corrected chi connectivity index (χ3v) is 6.31. The molecule has 0 spiro atoms. The zero-order chi connectivity index (χ0) is 23.6. The van der Waals surface area contributed by atoms with Crippen LogP contribution in [-0.4, -0.2) is 42.1 Å². The van der Waals surface area contributed by atoms with Gasteiger partial charge in [0.05, 0.1) is 25.9 Å². The van der Waals surface area contributed by atoms with Crippen molar-refractivity contribution < 1.29 is 19.3 Å². The lowest BCUT2D eigenvalue weighted by Crippen LogP contribution is -2.51. The fourth-order valence-electron chi connectivity index (χ4n) is 4.42. The van der Waals surface area contributed by atoms with Gasteiger partial charge in [-0.15, -0.1) is 0 Å². The van der Waals surface area contributed by atoms with E-state index in [-0.39, 0.29) is 12.1 Å². The summed E-state index contributed by atoms with van der Waals surface area (Å²) in [7, 11) is 0. The molecular weight excluding hydrogens is 426 g/mol. The zero-order valence-corrected chi connectivity index (χ0v) is 19.8. The molecule has 0 aromatic heterocycles. The summed E-state index contributed by atoms with van der Waals surface area (Å²) in [6.45, 7) is 3.84. The van der Waals surface area contributed by atoms with Gasteiger partial charge in [0, 0.05) is 12.6 Å². The molecule has 5 nitrogen and oxygen atoms in total. The number of hydrogen-bond donors (Lipinski definition) is 2. The van der Waals surface area contributed by atoms with Crippen LogP contribution in [0.1, 0.15) is 30.0 Å². The highest BCUT2D eigenvalue weighted by atomic mass is 16.6. The Labute approximate surface area is 202 Å². The van der Waals surface area contributed by atoms with E-state index in [1.807, 2.05) is 78.9 Å². The van der Waals surface area contributed by atoms with Gasteiger partial charge in [0.2, 0.25) is 0 Å². The molecule has 0 bridgehead atoms. The van der Waals surface area contributed by atoms with Crippen molar-refractivity contribution in [3.8, 4) is 0 Å². The van der Waals surface area contributed by atoms with E-state index in [9.17, 15) is 5.11 Å². The highest BCUT2D eigenvalue weighted by Gasteiger charge is 2.43. The molecule has 0 amide bonds. The first-order valence-electron chi connectivity index (χ1n) is 12.1. The van der Waals surface area contributed by atoms with Crippen molar-refractivity contribution in [2.24, 2.45) is 0 Å². The van der Waals surface area contributed by atoms with Gasteiger partial charge in [-0.05, 0) is 23.1 Å². The highest BCUT2D eigenvalue weighted by molar-refractivity contribution is 5.15. The molecular formula is C29H35NO4. The van der Waals surface area contributed by atoms with Gasteiger partial charge in [0.1, 0.15) is 18.3 Å². The van der Waals surface area contributed by atoms with Crippen molar-refractivity contribution in [1.29, 1.82) is 0 Å². The Morgan fingerprint density at radius 3 is 1.50 bits per heavy atom. The second-order valence-electron chi connectivity index (χ2n) is 8.77. The predicted octanol–water partition coefficient (Wildman–Crippen LogP) is 4.49. The van der Waals surface area contributed by atoms with Crippen LogP contribution in [0.3, 0.4) is 0 Å². The molecule has 0 unspecified atom stereocenters. The first kappa shape index (κ1) is 24.6. The Morgan fingerprint density at radius 2 is 1.06 bits per heavy atom. The van der Waals surface area contributed by atoms with E-state index in [1.165, 1.54) is 0 Å². The summed E-state index contributed by atoms with van der Waals surface area (Å²) in [5.41, 5.74) is 3.24. The van der Waals surface area contributed by atoms with Crippen LogP contribution < -0.4 is 5.32 Å². The molecule has 0 saturated carbocycles. The van der Waals surface area contributed by atoms with Gasteiger partial charge in [-0.25, -0.2) is 0 Å². The maximum atomic E-state index is 11.1. The third kappa shape index (κ3) is 6.75. The Kier molecular flexibility index (Phi) is 9.25. The van der Waals surface area contributed by atoms with Crippen molar-refractivity contribution in [3.05, 3.63) is 108 Å². The van der Waals surface area contributed by atoms with Gasteiger partial charge >= 0.3 is 0 Å². The van der Waals surface area contributed by atoms with Crippen LogP contribution in [0.25, 0.3) is 0 Å². The number of nitrogens with one attached hydrogen (secondary N) is 1. The maximum Gasteiger partial charge on any atom is 0.114 e. The lowest BCUT2D eigenvalue weighted by atomic mass is 9.98. The van der Waals surface area contributed by atoms with Crippen molar-refractivity contribution in [2.45, 2.75) is 63.6 Å². The molecule has 3 aromatic rings. The number of aliphatic hydroxyl groups excluding tert-OH is 1. The molecule has 180 valence electrons. The van der Waals surface area contributed by atoms with Crippen LogP contribution in [0.15, 0.2) is 91.0 Å². The molecule has 0 aliphatic carbocycles. The quantitative estimate of drug-likeness (QED) is 0.466. The highest BCUT2D eigenvalue weighted by Crippen LogP contribution is 2.26. The fraction of sp³-hybridized carbons (Fsp3) is 0.379. The van der Waals surface area contributed by atoms with E-state index < -0.39 is 18.3 Å². The minimum absolute atomic E-state index is 0.0319. The molecule has 1 saturated heterocycles. The average molecular weight is 462 g/mol. The lowest BCUT2D eigenvalue weighted by molar-refractivity contribution is -0.174. The summed E-state index contributed by atoms with van der Waals surface area (Å²) >= 11 is 0. The molecule has 4 rings (SSSR count). The van der Waals surface area contributed by atoms with Crippen LogP contribution in [-0.2, 0) is 34.0 Å². The van der Waals surface area contributed by atoms with Crippen molar-refractivity contribution in [3.63, 3.8) is 0 Å². The van der Waals surface area contributed by atoms with Gasteiger partial charge in [-0.3, -0.25) is 0 Å². The summed E-state index contributed by atoms with van der Waals surface area (Å²) < 4.78 is 19.4. The molecule has 1 fully saturated rings. The Morgan fingerprint density at radius 1 is 0.647 bits per heavy atom. The number of ether oxygens (including phenoxy) is 3. The van der Waals surface area contributed by atoms with Gasteiger partial charge < -0.3 is 24.6 Å². The van der Waals surface area contributed by atoms with Crippen LogP contribution in [0.4, 0.5) is 0 Å². The minimum atomic E-state index is -0.719. The summed E-state index contributed by atoms with van der Waals surface area (Å²) in [6, 6.07) is 30.3. The van der Waals surface area contributed by atoms with Crippen LogP contribution in [0.5, 0.6) is 0 Å². The Hall–Kier alpha value is -2.54. The number of aliphatic hydroxyl groups is 1. The molecule has 0 radical (unpaired) electrons. The fourth-order valence-corrected chi connectivity index (χ4v) is 4.42. The predicted molar refractivity (Wildman–Crippen MR) is 133 cm³/mol. The topological polar surface area (TPSA) is 60.0 Å². The lowest BCUT2D eigenvalue weighted by Gasteiger charge is -2.35. The zero-order valence-electron chi connectivity index (χ0n) is 19.8. The SMILES string of the molecule is CC[C@H]1NC[C@@H](O)[C@@H](OCc2ccccc2)[C@H](OCc2ccccc2)[C@H]1OCc1ccccc1.